The first-order valence-electron chi connectivity index (χ1n) is 6.82. The molecule has 0 unspecified atom stereocenters. The molecular weight excluding hydrogens is 214 g/mol. The van der Waals surface area contributed by atoms with Crippen LogP contribution in [0, 0.1) is 11.8 Å². The Hall–Kier alpha value is -0.770. The summed E-state index contributed by atoms with van der Waals surface area (Å²) in [4.78, 5) is 4.63. The van der Waals surface area contributed by atoms with E-state index in [1.807, 2.05) is 0 Å². The van der Waals surface area contributed by atoms with E-state index in [9.17, 15) is 0 Å². The molecule has 0 bridgehead atoms. The molecule has 0 saturated carbocycles. The Balaban J connectivity index is 2.48. The van der Waals surface area contributed by atoms with Crippen LogP contribution in [0.5, 0.6) is 0 Å². The van der Waals surface area contributed by atoms with Crippen LogP contribution in [0.2, 0.25) is 0 Å². The van der Waals surface area contributed by atoms with Gasteiger partial charge in [0.1, 0.15) is 0 Å². The second kappa shape index (κ2) is 7.54. The third-order valence-electron chi connectivity index (χ3n) is 3.09. The van der Waals surface area contributed by atoms with E-state index in [2.05, 4.69) is 43.3 Å². The van der Waals surface area contributed by atoms with Gasteiger partial charge in [0.2, 0.25) is 0 Å². The summed E-state index contributed by atoms with van der Waals surface area (Å²) in [6, 6.07) is 0. The van der Waals surface area contributed by atoms with Gasteiger partial charge in [-0.1, -0.05) is 13.8 Å². The van der Waals surface area contributed by atoms with Crippen LogP contribution in [0.25, 0.3) is 0 Å². The molecule has 0 amide bonds. The van der Waals surface area contributed by atoms with Gasteiger partial charge in [0, 0.05) is 32.2 Å². The quantitative estimate of drug-likeness (QED) is 0.568. The molecule has 1 aliphatic rings. The van der Waals surface area contributed by atoms with Crippen molar-refractivity contribution in [2.75, 3.05) is 26.2 Å². The van der Waals surface area contributed by atoms with Gasteiger partial charge in [0.05, 0.1) is 6.10 Å². The smallest absolute Gasteiger partial charge is 0.191 e. The highest BCUT2D eigenvalue weighted by atomic mass is 16.5. The number of hydrogen-bond acceptors (Lipinski definition) is 2. The van der Waals surface area contributed by atoms with Crippen LogP contribution in [0.1, 0.15) is 34.1 Å². The minimum Gasteiger partial charge on any atom is -0.378 e. The average molecular weight is 241 g/mol. The normalized spacial score (nSPS) is 23.8. The topological polar surface area (TPSA) is 45.7 Å². The fourth-order valence-corrected chi connectivity index (χ4v) is 2.31. The number of nitrogens with one attached hydrogen (secondary N) is 2. The third-order valence-corrected chi connectivity index (χ3v) is 3.09. The lowest BCUT2D eigenvalue weighted by atomic mass is 9.93. The largest absolute Gasteiger partial charge is 0.378 e. The van der Waals surface area contributed by atoms with Crippen LogP contribution in [0.15, 0.2) is 4.99 Å². The first kappa shape index (κ1) is 14.3. The lowest BCUT2D eigenvalue weighted by Gasteiger charge is -2.21. The molecule has 0 aromatic carbocycles. The molecule has 1 aliphatic heterocycles. The van der Waals surface area contributed by atoms with Crippen LogP contribution >= 0.6 is 0 Å². The Labute approximate surface area is 105 Å². The molecule has 17 heavy (non-hydrogen) atoms. The summed E-state index contributed by atoms with van der Waals surface area (Å²) >= 11 is 0. The second-order valence-electron chi connectivity index (χ2n) is 4.88. The maximum atomic E-state index is 5.77. The first-order chi connectivity index (χ1) is 8.19. The summed E-state index contributed by atoms with van der Waals surface area (Å²) in [7, 11) is 0. The fraction of sp³-hybridized carbons (Fsp3) is 0.923. The van der Waals surface area contributed by atoms with Crippen molar-refractivity contribution < 1.29 is 4.74 Å². The zero-order chi connectivity index (χ0) is 12.7. The van der Waals surface area contributed by atoms with Crippen molar-refractivity contribution in [2.45, 2.75) is 40.2 Å². The predicted octanol–water partition coefficient (Wildman–Crippen LogP) is 1.62. The SMILES string of the molecule is CCNC(=NC[C@H]1CCO[C@H]1C(C)C)NCC. The molecule has 4 nitrogen and oxygen atoms in total. The highest BCUT2D eigenvalue weighted by molar-refractivity contribution is 5.79. The highest BCUT2D eigenvalue weighted by Crippen LogP contribution is 2.26. The predicted molar refractivity (Wildman–Crippen MR) is 72.3 cm³/mol. The molecule has 1 heterocycles. The third kappa shape index (κ3) is 4.54. The number of aliphatic imine (C=N–C) groups is 1. The van der Waals surface area contributed by atoms with E-state index < -0.39 is 0 Å². The molecule has 4 heteroatoms. The van der Waals surface area contributed by atoms with Crippen LogP contribution < -0.4 is 10.6 Å². The Morgan fingerprint density at radius 1 is 1.29 bits per heavy atom. The fourth-order valence-electron chi connectivity index (χ4n) is 2.31. The highest BCUT2D eigenvalue weighted by Gasteiger charge is 2.30. The van der Waals surface area contributed by atoms with E-state index in [0.717, 1.165) is 38.6 Å². The molecule has 1 saturated heterocycles. The van der Waals surface area contributed by atoms with Gasteiger partial charge in [0.25, 0.3) is 0 Å². The average Bonchev–Trinajstić information content (AvgIpc) is 2.74. The summed E-state index contributed by atoms with van der Waals surface area (Å²) < 4.78 is 5.77. The zero-order valence-corrected chi connectivity index (χ0v) is 11.6. The summed E-state index contributed by atoms with van der Waals surface area (Å²) in [5.41, 5.74) is 0. The molecule has 0 aromatic heterocycles. The maximum absolute atomic E-state index is 5.77. The molecule has 1 fully saturated rings. The zero-order valence-electron chi connectivity index (χ0n) is 11.6. The summed E-state index contributed by atoms with van der Waals surface area (Å²) in [6.07, 6.45) is 1.51. The molecule has 0 spiro atoms. The molecule has 0 aliphatic carbocycles. The number of guanidine groups is 1. The van der Waals surface area contributed by atoms with E-state index in [-0.39, 0.29) is 0 Å². The van der Waals surface area contributed by atoms with E-state index in [1.165, 1.54) is 0 Å². The van der Waals surface area contributed by atoms with Crippen molar-refractivity contribution in [2.24, 2.45) is 16.8 Å². The molecule has 100 valence electrons. The minimum atomic E-state index is 0.378. The monoisotopic (exact) mass is 241 g/mol. The molecule has 0 radical (unpaired) electrons. The van der Waals surface area contributed by atoms with Gasteiger partial charge in [-0.3, -0.25) is 4.99 Å². The maximum Gasteiger partial charge on any atom is 0.191 e. The summed E-state index contributed by atoms with van der Waals surface area (Å²) in [5.74, 6) is 2.08. The van der Waals surface area contributed by atoms with Crippen molar-refractivity contribution in [3.05, 3.63) is 0 Å². The minimum absolute atomic E-state index is 0.378. The van der Waals surface area contributed by atoms with E-state index in [1.54, 1.807) is 0 Å². The van der Waals surface area contributed by atoms with E-state index in [4.69, 9.17) is 4.74 Å². The van der Waals surface area contributed by atoms with Gasteiger partial charge in [-0.25, -0.2) is 0 Å². The lowest BCUT2D eigenvalue weighted by molar-refractivity contribution is 0.0559. The molecule has 0 aromatic rings. The molecule has 2 N–H and O–H groups in total. The van der Waals surface area contributed by atoms with Crippen LogP contribution in [0.4, 0.5) is 0 Å². The standard InChI is InChI=1S/C13H27N3O/c1-5-14-13(15-6-2)16-9-11-7-8-17-12(11)10(3)4/h10-12H,5-9H2,1-4H3,(H2,14,15,16)/t11-,12+/m1/s1. The first-order valence-corrected chi connectivity index (χ1v) is 6.82. The number of ether oxygens (including phenoxy) is 1. The molecule has 1 rings (SSSR count). The van der Waals surface area contributed by atoms with E-state index in [0.29, 0.717) is 17.9 Å². The Bertz CT molecular complexity index is 233. The lowest BCUT2D eigenvalue weighted by Crippen LogP contribution is -2.37. The second-order valence-corrected chi connectivity index (χ2v) is 4.88. The van der Waals surface area contributed by atoms with Gasteiger partial charge < -0.3 is 15.4 Å². The van der Waals surface area contributed by atoms with Gasteiger partial charge >= 0.3 is 0 Å². The number of hydrogen-bond donors (Lipinski definition) is 2. The van der Waals surface area contributed by atoms with E-state index >= 15 is 0 Å². The van der Waals surface area contributed by atoms with Gasteiger partial charge in [-0.05, 0) is 26.2 Å². The van der Waals surface area contributed by atoms with Crippen molar-refractivity contribution in [3.63, 3.8) is 0 Å². The van der Waals surface area contributed by atoms with Crippen molar-refractivity contribution in [3.8, 4) is 0 Å². The Kier molecular flexibility index (Phi) is 6.34. The van der Waals surface area contributed by atoms with Crippen LogP contribution in [-0.4, -0.2) is 38.3 Å². The Morgan fingerprint density at radius 3 is 2.47 bits per heavy atom. The summed E-state index contributed by atoms with van der Waals surface area (Å²) in [5, 5.41) is 6.50. The number of nitrogens with zero attached hydrogens (tertiary/aromatic N) is 1. The summed E-state index contributed by atoms with van der Waals surface area (Å²) in [6.45, 7) is 12.2. The van der Waals surface area contributed by atoms with Crippen molar-refractivity contribution in [1.82, 2.24) is 10.6 Å². The van der Waals surface area contributed by atoms with Crippen molar-refractivity contribution in [1.29, 1.82) is 0 Å². The molecular formula is C13H27N3O. The van der Waals surface area contributed by atoms with Crippen LogP contribution in [0.3, 0.4) is 0 Å². The number of rotatable bonds is 5. The van der Waals surface area contributed by atoms with Gasteiger partial charge in [0.15, 0.2) is 5.96 Å². The van der Waals surface area contributed by atoms with Crippen LogP contribution in [-0.2, 0) is 4.74 Å². The Morgan fingerprint density at radius 2 is 1.94 bits per heavy atom. The van der Waals surface area contributed by atoms with Gasteiger partial charge in [-0.2, -0.15) is 0 Å². The van der Waals surface area contributed by atoms with Crippen molar-refractivity contribution >= 4 is 5.96 Å². The van der Waals surface area contributed by atoms with Gasteiger partial charge in [-0.15, -0.1) is 0 Å². The molecule has 2 atom stereocenters.